The van der Waals surface area contributed by atoms with Crippen molar-refractivity contribution in [2.75, 3.05) is 0 Å². The van der Waals surface area contributed by atoms with Crippen molar-refractivity contribution in [3.05, 3.63) is 5.82 Å². The first kappa shape index (κ1) is 11.4. The molecule has 0 amide bonds. The van der Waals surface area contributed by atoms with Gasteiger partial charge in [-0.15, -0.1) is 10.2 Å². The number of aryl methyl sites for hydroxylation is 1. The van der Waals surface area contributed by atoms with E-state index in [1.165, 1.54) is 4.57 Å². The highest BCUT2D eigenvalue weighted by Gasteiger charge is 2.33. The molecule has 90 valence electrons. The van der Waals surface area contributed by atoms with Crippen molar-refractivity contribution in [2.45, 2.75) is 43.1 Å². The van der Waals surface area contributed by atoms with Crippen LogP contribution in [0.15, 0.2) is 5.16 Å². The van der Waals surface area contributed by atoms with Crippen LogP contribution in [0.3, 0.4) is 0 Å². The maximum atomic E-state index is 12.4. The van der Waals surface area contributed by atoms with Gasteiger partial charge in [-0.25, -0.2) is 8.42 Å². The van der Waals surface area contributed by atoms with Gasteiger partial charge >= 0.3 is 5.76 Å². The van der Waals surface area contributed by atoms with Crippen LogP contribution in [0.2, 0.25) is 0 Å². The second kappa shape index (κ2) is 4.08. The summed E-state index contributed by atoms with van der Waals surface area (Å²) in [6, 6.07) is 0. The van der Waals surface area contributed by atoms with Crippen LogP contribution in [0.4, 0.5) is 8.78 Å². The molecule has 0 aromatic carbocycles. The van der Waals surface area contributed by atoms with E-state index < -0.39 is 20.8 Å². The van der Waals surface area contributed by atoms with Crippen molar-refractivity contribution in [2.24, 2.45) is 0 Å². The van der Waals surface area contributed by atoms with Crippen LogP contribution in [0.1, 0.15) is 25.1 Å². The number of alkyl halides is 2. The molecule has 2 heterocycles. The summed E-state index contributed by atoms with van der Waals surface area (Å²) in [5.41, 5.74) is 0. The lowest BCUT2D eigenvalue weighted by atomic mass is 10.2. The van der Waals surface area contributed by atoms with Crippen LogP contribution in [-0.2, 0) is 22.8 Å². The standard InChI is InChI=1S/C8H11F2N3O2S/c9-7(10)16(14,15)8-12-11-6-4-2-1-3-5-13(6)8/h7H,1-5H2. The Morgan fingerprint density at radius 3 is 2.62 bits per heavy atom. The Morgan fingerprint density at radius 2 is 1.94 bits per heavy atom. The SMILES string of the molecule is O=S(=O)(c1nnc2n1CCCCC2)C(F)F. The number of hydrogen-bond acceptors (Lipinski definition) is 4. The molecule has 0 fully saturated rings. The molecule has 2 rings (SSSR count). The van der Waals surface area contributed by atoms with Crippen molar-refractivity contribution >= 4 is 9.84 Å². The molecule has 0 unspecified atom stereocenters. The molecule has 0 N–H and O–H groups in total. The highest BCUT2D eigenvalue weighted by atomic mass is 32.2. The van der Waals surface area contributed by atoms with Gasteiger partial charge in [-0.3, -0.25) is 0 Å². The Hall–Kier alpha value is -1.05. The van der Waals surface area contributed by atoms with E-state index in [-0.39, 0.29) is 0 Å². The molecule has 0 saturated carbocycles. The summed E-state index contributed by atoms with van der Waals surface area (Å²) >= 11 is 0. The average Bonchev–Trinajstić information content (AvgIpc) is 2.49. The summed E-state index contributed by atoms with van der Waals surface area (Å²) in [5.74, 6) is -2.96. The summed E-state index contributed by atoms with van der Waals surface area (Å²) in [5, 5.41) is 6.45. The zero-order valence-electron chi connectivity index (χ0n) is 8.44. The smallest absolute Gasteiger partial charge is 0.302 e. The van der Waals surface area contributed by atoms with E-state index >= 15 is 0 Å². The van der Waals surface area contributed by atoms with Gasteiger partial charge in [0.15, 0.2) is 0 Å². The number of sulfone groups is 1. The fourth-order valence-electron chi connectivity index (χ4n) is 1.75. The number of fused-ring (bicyclic) bond motifs is 1. The maximum absolute atomic E-state index is 12.4. The monoisotopic (exact) mass is 251 g/mol. The predicted molar refractivity (Wildman–Crippen MR) is 50.8 cm³/mol. The number of hydrogen-bond donors (Lipinski definition) is 0. The molecule has 1 aromatic heterocycles. The molecule has 16 heavy (non-hydrogen) atoms. The topological polar surface area (TPSA) is 64.8 Å². The molecule has 0 saturated heterocycles. The van der Waals surface area contributed by atoms with Gasteiger partial charge in [0.2, 0.25) is 0 Å². The van der Waals surface area contributed by atoms with Gasteiger partial charge in [-0.05, 0) is 12.8 Å². The van der Waals surface area contributed by atoms with Crippen LogP contribution in [0.25, 0.3) is 0 Å². The van der Waals surface area contributed by atoms with E-state index in [0.717, 1.165) is 19.3 Å². The van der Waals surface area contributed by atoms with Crippen LogP contribution < -0.4 is 0 Å². The minimum absolute atomic E-state index is 0.392. The zero-order valence-corrected chi connectivity index (χ0v) is 9.25. The lowest BCUT2D eigenvalue weighted by Gasteiger charge is -2.06. The van der Waals surface area contributed by atoms with Crippen LogP contribution in [0, 0.1) is 0 Å². The number of rotatable bonds is 2. The van der Waals surface area contributed by atoms with E-state index in [4.69, 9.17) is 0 Å². The van der Waals surface area contributed by atoms with E-state index in [9.17, 15) is 17.2 Å². The summed E-state index contributed by atoms with van der Waals surface area (Å²) in [6.45, 7) is 0.392. The van der Waals surface area contributed by atoms with E-state index in [2.05, 4.69) is 10.2 Å². The fourth-order valence-corrected chi connectivity index (χ4v) is 2.57. The second-order valence-electron chi connectivity index (χ2n) is 3.67. The molecule has 0 atom stereocenters. The third-order valence-corrected chi connectivity index (χ3v) is 3.84. The van der Waals surface area contributed by atoms with E-state index in [0.29, 0.717) is 18.8 Å². The van der Waals surface area contributed by atoms with Gasteiger partial charge in [0.25, 0.3) is 15.0 Å². The lowest BCUT2D eigenvalue weighted by molar-refractivity contribution is 0.233. The molecule has 5 nitrogen and oxygen atoms in total. The number of nitrogens with zero attached hydrogens (tertiary/aromatic N) is 3. The summed E-state index contributed by atoms with van der Waals surface area (Å²) in [4.78, 5) is 0. The molecule has 1 aliphatic heterocycles. The molecule has 0 aliphatic carbocycles. The second-order valence-corrected chi connectivity index (χ2v) is 5.48. The lowest BCUT2D eigenvalue weighted by Crippen LogP contribution is -2.18. The molecule has 1 aliphatic rings. The van der Waals surface area contributed by atoms with Crippen LogP contribution >= 0.6 is 0 Å². The van der Waals surface area contributed by atoms with Gasteiger partial charge in [-0.2, -0.15) is 8.78 Å². The molecule has 8 heteroatoms. The van der Waals surface area contributed by atoms with Gasteiger partial charge in [0, 0.05) is 13.0 Å². The summed E-state index contributed by atoms with van der Waals surface area (Å²) in [6.07, 6.45) is 3.17. The van der Waals surface area contributed by atoms with Gasteiger partial charge in [0.05, 0.1) is 0 Å². The van der Waals surface area contributed by atoms with Crippen molar-refractivity contribution in [3.8, 4) is 0 Å². The Kier molecular flexibility index (Phi) is 2.92. The van der Waals surface area contributed by atoms with Crippen molar-refractivity contribution in [3.63, 3.8) is 0 Å². The Morgan fingerprint density at radius 1 is 1.19 bits per heavy atom. The molecular formula is C8H11F2N3O2S. The summed E-state index contributed by atoms with van der Waals surface area (Å²) < 4.78 is 48.7. The third kappa shape index (κ3) is 1.81. The Balaban J connectivity index is 2.48. The number of aromatic nitrogens is 3. The van der Waals surface area contributed by atoms with E-state index in [1.807, 2.05) is 0 Å². The molecule has 1 aromatic rings. The largest absolute Gasteiger partial charge is 0.344 e. The third-order valence-electron chi connectivity index (χ3n) is 2.56. The van der Waals surface area contributed by atoms with Crippen molar-refractivity contribution < 1.29 is 17.2 Å². The minimum Gasteiger partial charge on any atom is -0.302 e. The maximum Gasteiger partial charge on any atom is 0.344 e. The Labute approximate surface area is 91.4 Å². The molecule has 0 radical (unpaired) electrons. The average molecular weight is 251 g/mol. The first-order valence-corrected chi connectivity index (χ1v) is 6.52. The fraction of sp³-hybridized carbons (Fsp3) is 0.750. The number of halogens is 2. The van der Waals surface area contributed by atoms with Crippen LogP contribution in [-0.4, -0.2) is 28.9 Å². The first-order valence-electron chi connectivity index (χ1n) is 4.97. The molecule has 0 bridgehead atoms. The molecular weight excluding hydrogens is 240 g/mol. The highest BCUT2D eigenvalue weighted by molar-refractivity contribution is 7.91. The Bertz CT molecular complexity index is 483. The first-order chi connectivity index (χ1) is 7.53. The quantitative estimate of drug-likeness (QED) is 0.786. The summed E-state index contributed by atoms with van der Waals surface area (Å²) in [7, 11) is -4.64. The minimum atomic E-state index is -4.64. The van der Waals surface area contributed by atoms with Gasteiger partial charge in [-0.1, -0.05) is 6.42 Å². The van der Waals surface area contributed by atoms with Crippen molar-refractivity contribution in [1.82, 2.24) is 14.8 Å². The van der Waals surface area contributed by atoms with Crippen molar-refractivity contribution in [1.29, 1.82) is 0 Å². The predicted octanol–water partition coefficient (Wildman–Crippen LogP) is 1.00. The highest BCUT2D eigenvalue weighted by Crippen LogP contribution is 2.21. The van der Waals surface area contributed by atoms with Gasteiger partial charge in [0.1, 0.15) is 5.82 Å². The molecule has 0 spiro atoms. The van der Waals surface area contributed by atoms with Crippen LogP contribution in [0.5, 0.6) is 0 Å². The normalized spacial score (nSPS) is 17.2. The van der Waals surface area contributed by atoms with Gasteiger partial charge < -0.3 is 4.57 Å². The zero-order chi connectivity index (χ0) is 11.8. The van der Waals surface area contributed by atoms with E-state index in [1.54, 1.807) is 0 Å².